The normalized spacial score (nSPS) is 20.6. The molecule has 0 amide bonds. The quantitative estimate of drug-likeness (QED) is 0.868. The molecule has 1 atom stereocenters. The van der Waals surface area contributed by atoms with E-state index in [1.807, 2.05) is 18.2 Å². The Bertz CT molecular complexity index is 384. The molecule has 0 spiro atoms. The molecular weight excluding hydrogens is 236 g/mol. The third kappa shape index (κ3) is 2.92. The van der Waals surface area contributed by atoms with Crippen molar-refractivity contribution in [3.05, 3.63) is 28.8 Å². The van der Waals surface area contributed by atoms with Gasteiger partial charge in [-0.05, 0) is 36.5 Å². The van der Waals surface area contributed by atoms with Gasteiger partial charge in [0, 0.05) is 37.0 Å². The van der Waals surface area contributed by atoms with Gasteiger partial charge in [0.15, 0.2) is 0 Å². The lowest BCUT2D eigenvalue weighted by Crippen LogP contribution is -2.37. The molecule has 17 heavy (non-hydrogen) atoms. The Morgan fingerprint density at radius 2 is 2.29 bits per heavy atom. The van der Waals surface area contributed by atoms with Crippen LogP contribution >= 0.6 is 11.6 Å². The fourth-order valence-corrected chi connectivity index (χ4v) is 2.60. The van der Waals surface area contributed by atoms with Crippen molar-refractivity contribution in [1.29, 1.82) is 0 Å². The van der Waals surface area contributed by atoms with E-state index in [9.17, 15) is 5.11 Å². The van der Waals surface area contributed by atoms with Gasteiger partial charge in [0.1, 0.15) is 0 Å². The molecule has 1 unspecified atom stereocenters. The van der Waals surface area contributed by atoms with Gasteiger partial charge >= 0.3 is 0 Å². The second kappa shape index (κ2) is 5.71. The largest absolute Gasteiger partial charge is 0.396 e. The highest BCUT2D eigenvalue weighted by molar-refractivity contribution is 6.30. The summed E-state index contributed by atoms with van der Waals surface area (Å²) in [5, 5.41) is 10.00. The molecule has 4 heteroatoms. The molecule has 0 radical (unpaired) electrons. The van der Waals surface area contributed by atoms with Crippen molar-refractivity contribution in [2.24, 2.45) is 11.7 Å². The summed E-state index contributed by atoms with van der Waals surface area (Å²) in [6, 6.07) is 5.84. The maximum Gasteiger partial charge on any atom is 0.0476 e. The minimum absolute atomic E-state index is 0.259. The second-order valence-corrected chi connectivity index (χ2v) is 5.05. The van der Waals surface area contributed by atoms with Crippen LogP contribution in [0.4, 0.5) is 5.69 Å². The zero-order valence-corrected chi connectivity index (χ0v) is 10.7. The minimum atomic E-state index is 0.259. The molecule has 0 saturated carbocycles. The van der Waals surface area contributed by atoms with Gasteiger partial charge in [0.05, 0.1) is 0 Å². The SMILES string of the molecule is NCc1ccc(Cl)cc1N1CCCC(CO)C1. The van der Waals surface area contributed by atoms with E-state index in [2.05, 4.69) is 4.90 Å². The third-order valence-electron chi connectivity index (χ3n) is 3.39. The van der Waals surface area contributed by atoms with Gasteiger partial charge in [0.2, 0.25) is 0 Å². The van der Waals surface area contributed by atoms with E-state index in [0.717, 1.165) is 42.2 Å². The molecular formula is C13H19ClN2O. The van der Waals surface area contributed by atoms with Crippen LogP contribution in [0.1, 0.15) is 18.4 Å². The van der Waals surface area contributed by atoms with Crippen LogP contribution in [0.25, 0.3) is 0 Å². The number of nitrogens with zero attached hydrogens (tertiary/aromatic N) is 1. The van der Waals surface area contributed by atoms with Crippen molar-refractivity contribution < 1.29 is 5.11 Å². The first-order chi connectivity index (χ1) is 8.24. The summed E-state index contributed by atoms with van der Waals surface area (Å²) in [7, 11) is 0. The Balaban J connectivity index is 2.22. The van der Waals surface area contributed by atoms with E-state index < -0.39 is 0 Å². The zero-order chi connectivity index (χ0) is 12.3. The summed E-state index contributed by atoms with van der Waals surface area (Å²) < 4.78 is 0. The van der Waals surface area contributed by atoms with Crippen molar-refractivity contribution in [1.82, 2.24) is 0 Å². The van der Waals surface area contributed by atoms with E-state index in [-0.39, 0.29) is 6.61 Å². The van der Waals surface area contributed by atoms with Crippen molar-refractivity contribution in [2.45, 2.75) is 19.4 Å². The average molecular weight is 255 g/mol. The number of aliphatic hydroxyl groups is 1. The summed E-state index contributed by atoms with van der Waals surface area (Å²) in [4.78, 5) is 2.29. The Hall–Kier alpha value is -0.770. The molecule has 1 aliphatic rings. The van der Waals surface area contributed by atoms with E-state index in [1.165, 1.54) is 0 Å². The number of anilines is 1. The number of benzene rings is 1. The van der Waals surface area contributed by atoms with Gasteiger partial charge in [-0.3, -0.25) is 0 Å². The molecule has 0 bridgehead atoms. The fraction of sp³-hybridized carbons (Fsp3) is 0.538. The Morgan fingerprint density at radius 1 is 1.47 bits per heavy atom. The van der Waals surface area contributed by atoms with Crippen LogP contribution in [-0.2, 0) is 6.54 Å². The Morgan fingerprint density at radius 3 is 3.00 bits per heavy atom. The van der Waals surface area contributed by atoms with Gasteiger partial charge in [-0.25, -0.2) is 0 Å². The number of hydrogen-bond acceptors (Lipinski definition) is 3. The molecule has 1 saturated heterocycles. The van der Waals surface area contributed by atoms with Crippen LogP contribution in [0.5, 0.6) is 0 Å². The molecule has 1 aromatic rings. The van der Waals surface area contributed by atoms with Crippen molar-refractivity contribution in [3.63, 3.8) is 0 Å². The molecule has 3 N–H and O–H groups in total. The molecule has 2 rings (SSSR count). The summed E-state index contributed by atoms with van der Waals surface area (Å²) >= 11 is 6.05. The number of piperidine rings is 1. The van der Waals surface area contributed by atoms with Crippen LogP contribution in [0, 0.1) is 5.92 Å². The van der Waals surface area contributed by atoms with Crippen LogP contribution in [-0.4, -0.2) is 24.8 Å². The lowest BCUT2D eigenvalue weighted by molar-refractivity contribution is 0.208. The lowest BCUT2D eigenvalue weighted by atomic mass is 9.97. The number of hydrogen-bond donors (Lipinski definition) is 2. The smallest absolute Gasteiger partial charge is 0.0476 e. The molecule has 94 valence electrons. The Labute approximate surface area is 107 Å². The van der Waals surface area contributed by atoms with Gasteiger partial charge in [-0.2, -0.15) is 0 Å². The van der Waals surface area contributed by atoms with Crippen molar-refractivity contribution >= 4 is 17.3 Å². The monoisotopic (exact) mass is 254 g/mol. The summed E-state index contributed by atoms with van der Waals surface area (Å²) in [5.41, 5.74) is 8.00. The highest BCUT2D eigenvalue weighted by Gasteiger charge is 2.21. The number of aliphatic hydroxyl groups excluding tert-OH is 1. The van der Waals surface area contributed by atoms with Crippen molar-refractivity contribution in [3.8, 4) is 0 Å². The van der Waals surface area contributed by atoms with E-state index in [4.69, 9.17) is 17.3 Å². The molecule has 0 aromatic heterocycles. The summed E-state index contributed by atoms with van der Waals surface area (Å²) in [6.07, 6.45) is 2.22. The Kier molecular flexibility index (Phi) is 4.26. The topological polar surface area (TPSA) is 49.5 Å². The van der Waals surface area contributed by atoms with Crippen LogP contribution in [0.3, 0.4) is 0 Å². The van der Waals surface area contributed by atoms with Gasteiger partial charge < -0.3 is 15.7 Å². The number of nitrogens with two attached hydrogens (primary N) is 1. The van der Waals surface area contributed by atoms with Crippen LogP contribution < -0.4 is 10.6 Å². The maximum absolute atomic E-state index is 9.26. The van der Waals surface area contributed by atoms with E-state index in [1.54, 1.807) is 0 Å². The lowest BCUT2D eigenvalue weighted by Gasteiger charge is -2.34. The summed E-state index contributed by atoms with van der Waals surface area (Å²) in [6.45, 7) is 2.69. The summed E-state index contributed by atoms with van der Waals surface area (Å²) in [5.74, 6) is 0.369. The fourth-order valence-electron chi connectivity index (χ4n) is 2.44. The second-order valence-electron chi connectivity index (χ2n) is 4.61. The zero-order valence-electron chi connectivity index (χ0n) is 9.90. The molecule has 1 heterocycles. The first kappa shape index (κ1) is 12.7. The molecule has 1 fully saturated rings. The predicted molar refractivity (Wildman–Crippen MR) is 71.4 cm³/mol. The molecule has 0 aliphatic carbocycles. The van der Waals surface area contributed by atoms with Crippen LogP contribution in [0.2, 0.25) is 5.02 Å². The maximum atomic E-state index is 9.26. The van der Waals surface area contributed by atoms with Gasteiger partial charge in [-0.15, -0.1) is 0 Å². The first-order valence-corrected chi connectivity index (χ1v) is 6.46. The highest BCUT2D eigenvalue weighted by Crippen LogP contribution is 2.28. The van der Waals surface area contributed by atoms with Gasteiger partial charge in [0.25, 0.3) is 0 Å². The van der Waals surface area contributed by atoms with E-state index in [0.29, 0.717) is 12.5 Å². The standard InChI is InChI=1S/C13H19ClN2O/c14-12-4-3-11(7-15)13(6-12)16-5-1-2-10(8-16)9-17/h3-4,6,10,17H,1-2,5,7-9,15H2. The number of rotatable bonds is 3. The number of halogens is 1. The molecule has 3 nitrogen and oxygen atoms in total. The van der Waals surface area contributed by atoms with Gasteiger partial charge in [-0.1, -0.05) is 17.7 Å². The minimum Gasteiger partial charge on any atom is -0.396 e. The molecule has 1 aliphatic heterocycles. The van der Waals surface area contributed by atoms with Crippen LogP contribution in [0.15, 0.2) is 18.2 Å². The average Bonchev–Trinajstić information content (AvgIpc) is 2.39. The van der Waals surface area contributed by atoms with E-state index >= 15 is 0 Å². The van der Waals surface area contributed by atoms with Crippen molar-refractivity contribution in [2.75, 3.05) is 24.6 Å². The highest BCUT2D eigenvalue weighted by atomic mass is 35.5. The third-order valence-corrected chi connectivity index (χ3v) is 3.62. The molecule has 1 aromatic carbocycles. The first-order valence-electron chi connectivity index (χ1n) is 6.09. The predicted octanol–water partition coefficient (Wildman–Crippen LogP) is 2.01.